The van der Waals surface area contributed by atoms with Crippen LogP contribution in [0, 0.1) is 0 Å². The maximum Gasteiger partial charge on any atom is 0.255 e. The van der Waals surface area contributed by atoms with Crippen molar-refractivity contribution in [1.82, 2.24) is 4.90 Å². The summed E-state index contributed by atoms with van der Waals surface area (Å²) in [5, 5.41) is 12.1. The minimum absolute atomic E-state index is 0.149. The molecule has 1 aliphatic rings. The number of anilines is 1. The lowest BCUT2D eigenvalue weighted by Crippen LogP contribution is -2.26. The average Bonchev–Trinajstić information content (AvgIpc) is 2.60. The Morgan fingerprint density at radius 2 is 2.12 bits per heavy atom. The van der Waals surface area contributed by atoms with Crippen molar-refractivity contribution in [3.05, 3.63) is 64.7 Å². The molecule has 0 aliphatic carbocycles. The molecule has 0 bridgehead atoms. The molecule has 1 unspecified atom stereocenters. The number of nitrogens with two attached hydrogens (primary N) is 1. The SMILES string of the molecule is CN1CCc2ccc(NC(=O)c3cccc(C(N)CO)c3)cc2C1. The second-order valence-corrected chi connectivity index (χ2v) is 6.34. The van der Waals surface area contributed by atoms with Crippen LogP contribution >= 0.6 is 0 Å². The monoisotopic (exact) mass is 325 g/mol. The van der Waals surface area contributed by atoms with Gasteiger partial charge >= 0.3 is 0 Å². The number of benzene rings is 2. The van der Waals surface area contributed by atoms with Crippen LogP contribution in [0.15, 0.2) is 42.5 Å². The van der Waals surface area contributed by atoms with Gasteiger partial charge in [-0.15, -0.1) is 0 Å². The minimum Gasteiger partial charge on any atom is -0.394 e. The molecule has 4 N–H and O–H groups in total. The van der Waals surface area contributed by atoms with E-state index >= 15 is 0 Å². The predicted octanol–water partition coefficient (Wildman–Crippen LogP) is 1.92. The zero-order valence-electron chi connectivity index (χ0n) is 13.8. The van der Waals surface area contributed by atoms with Crippen LogP contribution < -0.4 is 11.1 Å². The smallest absolute Gasteiger partial charge is 0.255 e. The van der Waals surface area contributed by atoms with E-state index in [1.807, 2.05) is 18.2 Å². The third-order valence-corrected chi connectivity index (χ3v) is 4.44. The Labute approximate surface area is 142 Å². The largest absolute Gasteiger partial charge is 0.394 e. The fourth-order valence-corrected chi connectivity index (χ4v) is 3.00. The van der Waals surface area contributed by atoms with E-state index in [0.717, 1.165) is 30.8 Å². The summed E-state index contributed by atoms with van der Waals surface area (Å²) in [6.45, 7) is 1.82. The van der Waals surface area contributed by atoms with Crippen molar-refractivity contribution in [2.45, 2.75) is 19.0 Å². The highest BCUT2D eigenvalue weighted by molar-refractivity contribution is 6.04. The van der Waals surface area contributed by atoms with Gasteiger partial charge in [0.1, 0.15) is 0 Å². The first kappa shape index (κ1) is 16.6. The Bertz CT molecular complexity index is 745. The Balaban J connectivity index is 1.77. The van der Waals surface area contributed by atoms with Crippen molar-refractivity contribution in [2.75, 3.05) is 25.5 Å². The van der Waals surface area contributed by atoms with Gasteiger partial charge in [-0.3, -0.25) is 4.79 Å². The summed E-state index contributed by atoms with van der Waals surface area (Å²) in [5.74, 6) is -0.175. The molecule has 2 aromatic rings. The number of carbonyl (C=O) groups is 1. The van der Waals surface area contributed by atoms with E-state index in [2.05, 4.69) is 23.3 Å². The van der Waals surface area contributed by atoms with Crippen molar-refractivity contribution < 1.29 is 9.90 Å². The van der Waals surface area contributed by atoms with Crippen molar-refractivity contribution in [1.29, 1.82) is 0 Å². The second-order valence-electron chi connectivity index (χ2n) is 6.34. The van der Waals surface area contributed by atoms with Crippen LogP contribution in [-0.4, -0.2) is 36.1 Å². The summed E-state index contributed by atoms with van der Waals surface area (Å²) >= 11 is 0. The number of likely N-dealkylation sites (N-methyl/N-ethyl adjacent to an activating group) is 1. The van der Waals surface area contributed by atoms with Gasteiger partial charge in [0, 0.05) is 24.3 Å². The van der Waals surface area contributed by atoms with Crippen LogP contribution in [0.5, 0.6) is 0 Å². The summed E-state index contributed by atoms with van der Waals surface area (Å²) in [6, 6.07) is 12.7. The molecule has 0 saturated heterocycles. The van der Waals surface area contributed by atoms with Gasteiger partial charge in [0.05, 0.1) is 12.6 Å². The molecule has 0 aromatic heterocycles. The van der Waals surface area contributed by atoms with Gasteiger partial charge in [-0.05, 0) is 54.4 Å². The molecule has 5 heteroatoms. The van der Waals surface area contributed by atoms with E-state index in [1.54, 1.807) is 18.2 Å². The maximum absolute atomic E-state index is 12.5. The summed E-state index contributed by atoms with van der Waals surface area (Å²) in [4.78, 5) is 14.8. The van der Waals surface area contributed by atoms with Gasteiger partial charge in [0.2, 0.25) is 0 Å². The number of amides is 1. The van der Waals surface area contributed by atoms with E-state index in [0.29, 0.717) is 5.56 Å². The Morgan fingerprint density at radius 3 is 2.92 bits per heavy atom. The molecule has 0 fully saturated rings. The van der Waals surface area contributed by atoms with Crippen LogP contribution in [-0.2, 0) is 13.0 Å². The molecular weight excluding hydrogens is 302 g/mol. The molecule has 24 heavy (non-hydrogen) atoms. The molecular formula is C19H23N3O2. The third kappa shape index (κ3) is 3.64. The molecule has 1 amide bonds. The molecule has 2 aromatic carbocycles. The fraction of sp³-hybridized carbons (Fsp3) is 0.316. The lowest BCUT2D eigenvalue weighted by atomic mass is 9.99. The number of fused-ring (bicyclic) bond motifs is 1. The molecule has 0 radical (unpaired) electrons. The Kier molecular flexibility index (Phi) is 4.94. The normalized spacial score (nSPS) is 15.6. The number of nitrogens with one attached hydrogen (secondary N) is 1. The molecule has 1 aliphatic heterocycles. The van der Waals surface area contributed by atoms with Crippen LogP contribution in [0.2, 0.25) is 0 Å². The van der Waals surface area contributed by atoms with Crippen LogP contribution in [0.4, 0.5) is 5.69 Å². The van der Waals surface area contributed by atoms with E-state index in [1.165, 1.54) is 11.1 Å². The van der Waals surface area contributed by atoms with Gasteiger partial charge in [-0.2, -0.15) is 0 Å². The van der Waals surface area contributed by atoms with Gasteiger partial charge in [0.15, 0.2) is 0 Å². The first-order chi connectivity index (χ1) is 11.6. The number of aliphatic hydroxyl groups is 1. The van der Waals surface area contributed by atoms with E-state index in [4.69, 9.17) is 10.8 Å². The highest BCUT2D eigenvalue weighted by Gasteiger charge is 2.15. The van der Waals surface area contributed by atoms with Crippen LogP contribution in [0.1, 0.15) is 33.1 Å². The average molecular weight is 325 g/mol. The molecule has 3 rings (SSSR count). The summed E-state index contributed by atoms with van der Waals surface area (Å²) in [7, 11) is 2.10. The summed E-state index contributed by atoms with van der Waals surface area (Å²) in [6.07, 6.45) is 1.04. The van der Waals surface area contributed by atoms with Crippen molar-refractivity contribution in [3.8, 4) is 0 Å². The first-order valence-corrected chi connectivity index (χ1v) is 8.15. The Hall–Kier alpha value is -2.21. The van der Waals surface area contributed by atoms with E-state index < -0.39 is 6.04 Å². The number of carbonyl (C=O) groups excluding carboxylic acids is 1. The fourth-order valence-electron chi connectivity index (χ4n) is 3.00. The van der Waals surface area contributed by atoms with Crippen molar-refractivity contribution in [3.63, 3.8) is 0 Å². The number of hydrogen-bond donors (Lipinski definition) is 3. The number of hydrogen-bond acceptors (Lipinski definition) is 4. The molecule has 1 heterocycles. The van der Waals surface area contributed by atoms with Gasteiger partial charge in [-0.25, -0.2) is 0 Å². The highest BCUT2D eigenvalue weighted by atomic mass is 16.3. The van der Waals surface area contributed by atoms with Gasteiger partial charge < -0.3 is 21.1 Å². The molecule has 0 spiro atoms. The zero-order chi connectivity index (χ0) is 17.1. The van der Waals surface area contributed by atoms with E-state index in [9.17, 15) is 4.79 Å². The topological polar surface area (TPSA) is 78.6 Å². The van der Waals surface area contributed by atoms with E-state index in [-0.39, 0.29) is 12.5 Å². The quantitative estimate of drug-likeness (QED) is 0.802. The third-order valence-electron chi connectivity index (χ3n) is 4.44. The van der Waals surface area contributed by atoms with Crippen LogP contribution in [0.25, 0.3) is 0 Å². The first-order valence-electron chi connectivity index (χ1n) is 8.15. The van der Waals surface area contributed by atoms with Crippen LogP contribution in [0.3, 0.4) is 0 Å². The highest BCUT2D eigenvalue weighted by Crippen LogP contribution is 2.22. The Morgan fingerprint density at radius 1 is 1.29 bits per heavy atom. The minimum atomic E-state index is -0.475. The summed E-state index contributed by atoms with van der Waals surface area (Å²) in [5.41, 5.74) is 10.5. The lowest BCUT2D eigenvalue weighted by Gasteiger charge is -2.25. The standard InChI is InChI=1S/C19H23N3O2/c1-22-8-7-13-5-6-17(10-16(13)11-22)21-19(24)15-4-2-3-14(9-15)18(20)12-23/h2-6,9-10,18,23H,7-8,11-12,20H2,1H3,(H,21,24). The molecule has 126 valence electrons. The van der Waals surface area contributed by atoms with Gasteiger partial charge in [-0.1, -0.05) is 18.2 Å². The number of aliphatic hydroxyl groups excluding tert-OH is 1. The zero-order valence-corrected chi connectivity index (χ0v) is 13.8. The molecule has 5 nitrogen and oxygen atoms in total. The van der Waals surface area contributed by atoms with Crippen molar-refractivity contribution in [2.24, 2.45) is 5.73 Å². The summed E-state index contributed by atoms with van der Waals surface area (Å²) < 4.78 is 0. The van der Waals surface area contributed by atoms with Crippen molar-refractivity contribution >= 4 is 11.6 Å². The predicted molar refractivity (Wildman–Crippen MR) is 94.9 cm³/mol. The maximum atomic E-state index is 12.5. The molecule has 0 saturated carbocycles. The number of nitrogens with zero attached hydrogens (tertiary/aromatic N) is 1. The lowest BCUT2D eigenvalue weighted by molar-refractivity contribution is 0.102. The number of rotatable bonds is 4. The molecule has 1 atom stereocenters. The van der Waals surface area contributed by atoms with Gasteiger partial charge in [0.25, 0.3) is 5.91 Å². The second kappa shape index (κ2) is 7.13.